The number of aromatic nitrogens is 2. The number of aryl methyl sites for hydroxylation is 2. The average Bonchev–Trinajstić information content (AvgIpc) is 2.56. The summed E-state index contributed by atoms with van der Waals surface area (Å²) in [4.78, 5) is 2.41. The van der Waals surface area contributed by atoms with Crippen LogP contribution in [0.3, 0.4) is 0 Å². The van der Waals surface area contributed by atoms with Crippen LogP contribution in [0.4, 0.5) is 0 Å². The molecule has 5 heteroatoms. The second kappa shape index (κ2) is 6.73. The molecule has 0 spiro atoms. The van der Waals surface area contributed by atoms with E-state index in [0.29, 0.717) is 6.54 Å². The van der Waals surface area contributed by atoms with Crippen LogP contribution in [0, 0.1) is 12.3 Å². The molecule has 1 rings (SSSR count). The number of nitrogens with zero attached hydrogens (tertiary/aromatic N) is 3. The highest BCUT2D eigenvalue weighted by Gasteiger charge is 2.22. The van der Waals surface area contributed by atoms with Crippen LogP contribution >= 0.6 is 11.6 Å². The monoisotopic (exact) mass is 286 g/mol. The van der Waals surface area contributed by atoms with Gasteiger partial charge in [0.25, 0.3) is 0 Å². The summed E-state index contributed by atoms with van der Waals surface area (Å²) in [5, 5.41) is 5.16. The first-order valence-electron chi connectivity index (χ1n) is 6.91. The van der Waals surface area contributed by atoms with Crippen LogP contribution in [0.25, 0.3) is 0 Å². The van der Waals surface area contributed by atoms with Gasteiger partial charge >= 0.3 is 0 Å². The van der Waals surface area contributed by atoms with Crippen molar-refractivity contribution in [3.63, 3.8) is 0 Å². The molecule has 1 heterocycles. The van der Waals surface area contributed by atoms with Crippen LogP contribution in [0.15, 0.2) is 0 Å². The topological polar surface area (TPSA) is 47.1 Å². The zero-order valence-electron chi connectivity index (χ0n) is 12.8. The Bertz CT molecular complexity index is 412. The maximum atomic E-state index is 6.33. The van der Waals surface area contributed by atoms with Gasteiger partial charge in [-0.25, -0.2) is 0 Å². The van der Waals surface area contributed by atoms with Gasteiger partial charge in [-0.3, -0.25) is 9.58 Å². The molecule has 0 unspecified atom stereocenters. The Morgan fingerprint density at radius 2 is 2.05 bits per heavy atom. The van der Waals surface area contributed by atoms with Gasteiger partial charge in [-0.2, -0.15) is 5.10 Å². The lowest BCUT2D eigenvalue weighted by Gasteiger charge is -2.31. The number of hydrogen-bond acceptors (Lipinski definition) is 3. The summed E-state index contributed by atoms with van der Waals surface area (Å²) in [6.07, 6.45) is 1.12. The minimum atomic E-state index is 0.120. The van der Waals surface area contributed by atoms with E-state index in [0.717, 1.165) is 42.5 Å². The molecule has 0 atom stereocenters. The van der Waals surface area contributed by atoms with Gasteiger partial charge in [0.05, 0.1) is 16.4 Å². The third kappa shape index (κ3) is 4.48. The maximum absolute atomic E-state index is 6.33. The molecule has 0 saturated carbocycles. The van der Waals surface area contributed by atoms with Crippen molar-refractivity contribution in [3.8, 4) is 0 Å². The zero-order valence-corrected chi connectivity index (χ0v) is 13.6. The van der Waals surface area contributed by atoms with Crippen LogP contribution in [0.1, 0.15) is 38.6 Å². The predicted octanol–water partition coefficient (Wildman–Crippen LogP) is 2.58. The third-order valence-corrected chi connectivity index (χ3v) is 3.87. The Balaban J connectivity index is 2.83. The average molecular weight is 287 g/mol. The molecule has 4 nitrogen and oxygen atoms in total. The highest BCUT2D eigenvalue weighted by molar-refractivity contribution is 6.31. The van der Waals surface area contributed by atoms with Crippen LogP contribution in [-0.4, -0.2) is 34.3 Å². The van der Waals surface area contributed by atoms with E-state index in [9.17, 15) is 0 Å². The van der Waals surface area contributed by atoms with Crippen molar-refractivity contribution in [2.75, 3.05) is 19.6 Å². The van der Waals surface area contributed by atoms with E-state index >= 15 is 0 Å². The molecule has 0 radical (unpaired) electrons. The van der Waals surface area contributed by atoms with E-state index in [1.807, 2.05) is 18.7 Å². The highest BCUT2D eigenvalue weighted by Crippen LogP contribution is 2.23. The van der Waals surface area contributed by atoms with Crippen molar-refractivity contribution in [2.45, 2.75) is 40.7 Å². The minimum Gasteiger partial charge on any atom is -0.330 e. The molecule has 0 amide bonds. The molecule has 0 fully saturated rings. The molecule has 1 aromatic rings. The Labute approximate surface area is 121 Å². The van der Waals surface area contributed by atoms with Crippen molar-refractivity contribution >= 4 is 11.6 Å². The Morgan fingerprint density at radius 1 is 1.42 bits per heavy atom. The summed E-state index contributed by atoms with van der Waals surface area (Å²) < 4.78 is 1.88. The Hall–Kier alpha value is -0.580. The quantitative estimate of drug-likeness (QED) is 0.838. The van der Waals surface area contributed by atoms with Crippen LogP contribution in [-0.2, 0) is 13.6 Å². The Morgan fingerprint density at radius 3 is 2.47 bits per heavy atom. The van der Waals surface area contributed by atoms with E-state index in [-0.39, 0.29) is 5.41 Å². The molecule has 1 aromatic heterocycles. The smallest absolute Gasteiger partial charge is 0.0860 e. The van der Waals surface area contributed by atoms with E-state index in [4.69, 9.17) is 17.3 Å². The molecule has 2 N–H and O–H groups in total. The summed E-state index contributed by atoms with van der Waals surface area (Å²) in [7, 11) is 1.95. The molecule has 0 aliphatic carbocycles. The lowest BCUT2D eigenvalue weighted by Crippen LogP contribution is -2.39. The maximum Gasteiger partial charge on any atom is 0.0860 e. The van der Waals surface area contributed by atoms with Crippen molar-refractivity contribution in [1.82, 2.24) is 14.7 Å². The highest BCUT2D eigenvalue weighted by atomic mass is 35.5. The van der Waals surface area contributed by atoms with Gasteiger partial charge in [-0.15, -0.1) is 0 Å². The fraction of sp³-hybridized carbons (Fsp3) is 0.786. The summed E-state index contributed by atoms with van der Waals surface area (Å²) in [5.74, 6) is 0. The third-order valence-electron chi connectivity index (χ3n) is 3.38. The molecule has 0 aliphatic rings. The molecule has 19 heavy (non-hydrogen) atoms. The lowest BCUT2D eigenvalue weighted by molar-refractivity contribution is 0.172. The van der Waals surface area contributed by atoms with E-state index in [1.165, 1.54) is 0 Å². The SMILES string of the molecule is CCCN(Cc1c(Cl)c(C)nn1C)CC(C)(C)CN. The summed E-state index contributed by atoms with van der Waals surface area (Å²) in [6.45, 7) is 12.1. The second-order valence-corrected chi connectivity index (χ2v) is 6.43. The molecule has 0 aliphatic heterocycles. The van der Waals surface area contributed by atoms with Crippen LogP contribution in [0.2, 0.25) is 5.02 Å². The summed E-state index contributed by atoms with van der Waals surface area (Å²) >= 11 is 6.33. The van der Waals surface area contributed by atoms with Crippen molar-refractivity contribution in [2.24, 2.45) is 18.2 Å². The van der Waals surface area contributed by atoms with E-state index in [1.54, 1.807) is 0 Å². The molecular weight excluding hydrogens is 260 g/mol. The standard InChI is InChI=1S/C14H27ClN4/c1-6-7-19(10-14(3,4)9-16)8-12-13(15)11(2)17-18(12)5/h6-10,16H2,1-5H3. The van der Waals surface area contributed by atoms with Gasteiger partial charge in [-0.05, 0) is 31.8 Å². The first-order valence-corrected chi connectivity index (χ1v) is 7.29. The number of halogens is 1. The summed E-state index contributed by atoms with van der Waals surface area (Å²) in [6, 6.07) is 0. The molecular formula is C14H27ClN4. The second-order valence-electron chi connectivity index (χ2n) is 6.05. The predicted molar refractivity (Wildman–Crippen MR) is 81.4 cm³/mol. The molecule has 110 valence electrons. The minimum absolute atomic E-state index is 0.120. The molecule has 0 bridgehead atoms. The summed E-state index contributed by atoms with van der Waals surface area (Å²) in [5.41, 5.74) is 7.94. The Kier molecular flexibility index (Phi) is 5.83. The van der Waals surface area contributed by atoms with Gasteiger partial charge in [-0.1, -0.05) is 32.4 Å². The van der Waals surface area contributed by atoms with Gasteiger partial charge in [0.15, 0.2) is 0 Å². The zero-order chi connectivity index (χ0) is 14.6. The van der Waals surface area contributed by atoms with Gasteiger partial charge < -0.3 is 5.73 Å². The largest absolute Gasteiger partial charge is 0.330 e. The fourth-order valence-corrected chi connectivity index (χ4v) is 2.48. The van der Waals surface area contributed by atoms with E-state index < -0.39 is 0 Å². The first-order chi connectivity index (χ1) is 8.80. The lowest BCUT2D eigenvalue weighted by atomic mass is 9.93. The van der Waals surface area contributed by atoms with Crippen molar-refractivity contribution in [3.05, 3.63) is 16.4 Å². The first kappa shape index (κ1) is 16.5. The van der Waals surface area contributed by atoms with Gasteiger partial charge in [0.2, 0.25) is 0 Å². The fourth-order valence-electron chi connectivity index (χ4n) is 2.26. The number of hydrogen-bond donors (Lipinski definition) is 1. The van der Waals surface area contributed by atoms with Crippen molar-refractivity contribution < 1.29 is 0 Å². The molecule has 0 saturated heterocycles. The normalized spacial score (nSPS) is 12.4. The van der Waals surface area contributed by atoms with Gasteiger partial charge in [0, 0.05) is 20.1 Å². The number of rotatable bonds is 7. The number of nitrogens with two attached hydrogens (primary N) is 1. The molecule has 0 aromatic carbocycles. The van der Waals surface area contributed by atoms with Crippen LogP contribution in [0.5, 0.6) is 0 Å². The van der Waals surface area contributed by atoms with Crippen LogP contribution < -0.4 is 5.73 Å². The van der Waals surface area contributed by atoms with Gasteiger partial charge in [0.1, 0.15) is 0 Å². The van der Waals surface area contributed by atoms with Crippen molar-refractivity contribution in [1.29, 1.82) is 0 Å². The van der Waals surface area contributed by atoms with E-state index in [2.05, 4.69) is 30.8 Å².